The van der Waals surface area contributed by atoms with Crippen LogP contribution >= 0.6 is 34.5 Å². The highest BCUT2D eigenvalue weighted by molar-refractivity contribution is 7.15. The highest BCUT2D eigenvalue weighted by atomic mass is 35.5. The molecule has 1 atom stereocenters. The van der Waals surface area contributed by atoms with Crippen molar-refractivity contribution in [2.45, 2.75) is 19.9 Å². The van der Waals surface area contributed by atoms with E-state index in [4.69, 9.17) is 23.2 Å². The molecule has 2 rings (SSSR count). The summed E-state index contributed by atoms with van der Waals surface area (Å²) in [6.45, 7) is 4.35. The highest BCUT2D eigenvalue weighted by Gasteiger charge is 2.17. The number of thiophene rings is 1. The highest BCUT2D eigenvalue weighted by Crippen LogP contribution is 2.37. The van der Waals surface area contributed by atoms with Crippen molar-refractivity contribution in [3.63, 3.8) is 0 Å². The monoisotopic (exact) mass is 331 g/mol. The van der Waals surface area contributed by atoms with E-state index in [1.54, 1.807) is 23.5 Å². The molecule has 0 saturated carbocycles. The van der Waals surface area contributed by atoms with Gasteiger partial charge in [-0.3, -0.25) is 0 Å². The predicted molar refractivity (Wildman–Crippen MR) is 86.4 cm³/mol. The van der Waals surface area contributed by atoms with Crippen LogP contribution in [-0.2, 0) is 0 Å². The summed E-state index contributed by atoms with van der Waals surface area (Å²) in [5.41, 5.74) is 0.844. The minimum atomic E-state index is -0.566. The first-order chi connectivity index (χ1) is 9.43. The lowest BCUT2D eigenvalue weighted by Crippen LogP contribution is -2.20. The van der Waals surface area contributed by atoms with Gasteiger partial charge in [0.25, 0.3) is 0 Å². The maximum absolute atomic E-state index is 13.4. The fourth-order valence-corrected chi connectivity index (χ4v) is 3.94. The molecule has 1 unspecified atom stereocenters. The van der Waals surface area contributed by atoms with Gasteiger partial charge in [0.2, 0.25) is 0 Å². The second kappa shape index (κ2) is 6.44. The minimum absolute atomic E-state index is 0.0523. The van der Waals surface area contributed by atoms with Crippen molar-refractivity contribution in [2.24, 2.45) is 5.92 Å². The summed E-state index contributed by atoms with van der Waals surface area (Å²) >= 11 is 13.4. The van der Waals surface area contributed by atoms with Gasteiger partial charge >= 0.3 is 0 Å². The summed E-state index contributed by atoms with van der Waals surface area (Å²) in [6, 6.07) is 7.64. The molecule has 0 spiro atoms. The molecule has 20 heavy (non-hydrogen) atoms. The molecule has 108 valence electrons. The Balaban J connectivity index is 2.38. The molecule has 1 heterocycles. The van der Waals surface area contributed by atoms with Crippen molar-refractivity contribution < 1.29 is 4.39 Å². The lowest BCUT2D eigenvalue weighted by atomic mass is 10.0. The van der Waals surface area contributed by atoms with Crippen LogP contribution in [0.25, 0.3) is 10.4 Å². The van der Waals surface area contributed by atoms with E-state index < -0.39 is 5.82 Å². The molecule has 1 aromatic heterocycles. The molecule has 0 radical (unpaired) electrons. The summed E-state index contributed by atoms with van der Waals surface area (Å²) < 4.78 is 13.4. The van der Waals surface area contributed by atoms with E-state index in [0.717, 1.165) is 10.4 Å². The van der Waals surface area contributed by atoms with Gasteiger partial charge in [-0.05, 0) is 42.8 Å². The van der Waals surface area contributed by atoms with Gasteiger partial charge in [0.1, 0.15) is 0 Å². The molecule has 1 aromatic carbocycles. The van der Waals surface area contributed by atoms with Gasteiger partial charge in [0.15, 0.2) is 5.82 Å². The van der Waals surface area contributed by atoms with Gasteiger partial charge in [-0.1, -0.05) is 37.0 Å². The van der Waals surface area contributed by atoms with Crippen LogP contribution in [0.2, 0.25) is 10.0 Å². The van der Waals surface area contributed by atoms with Crippen molar-refractivity contribution in [3.8, 4) is 10.4 Å². The van der Waals surface area contributed by atoms with Crippen molar-refractivity contribution in [2.75, 3.05) is 7.05 Å². The summed E-state index contributed by atoms with van der Waals surface area (Å²) in [6.07, 6.45) is 0. The molecule has 0 aliphatic rings. The molecule has 2 aromatic rings. The van der Waals surface area contributed by atoms with Crippen LogP contribution in [0.5, 0.6) is 0 Å². The predicted octanol–water partition coefficient (Wildman–Crippen LogP) is 5.78. The van der Waals surface area contributed by atoms with Gasteiger partial charge in [-0.2, -0.15) is 0 Å². The largest absolute Gasteiger partial charge is 0.312 e. The Kier molecular flexibility index (Phi) is 5.08. The molecular weight excluding hydrogens is 316 g/mol. The van der Waals surface area contributed by atoms with Gasteiger partial charge in [0.05, 0.1) is 10.0 Å². The van der Waals surface area contributed by atoms with Crippen molar-refractivity contribution in [3.05, 3.63) is 45.0 Å². The average Bonchev–Trinajstić information content (AvgIpc) is 2.85. The lowest BCUT2D eigenvalue weighted by molar-refractivity contribution is 0.449. The van der Waals surface area contributed by atoms with Crippen molar-refractivity contribution in [1.82, 2.24) is 5.32 Å². The molecule has 0 aliphatic heterocycles. The number of hydrogen-bond acceptors (Lipinski definition) is 2. The summed E-state index contributed by atoms with van der Waals surface area (Å²) in [5.74, 6) is -0.0731. The molecule has 0 bridgehead atoms. The van der Waals surface area contributed by atoms with E-state index in [1.807, 2.05) is 13.1 Å². The smallest absolute Gasteiger partial charge is 0.160 e. The number of nitrogens with one attached hydrogen (secondary N) is 1. The second-order valence-corrected chi connectivity index (χ2v) is 6.90. The van der Waals surface area contributed by atoms with Crippen LogP contribution in [0.15, 0.2) is 24.3 Å². The fourth-order valence-electron chi connectivity index (χ4n) is 2.18. The Bertz CT molecular complexity index is 587. The number of halogens is 3. The summed E-state index contributed by atoms with van der Waals surface area (Å²) in [4.78, 5) is 2.28. The van der Waals surface area contributed by atoms with Gasteiger partial charge in [-0.25, -0.2) is 4.39 Å². The maximum atomic E-state index is 13.4. The maximum Gasteiger partial charge on any atom is 0.160 e. The van der Waals surface area contributed by atoms with E-state index in [-0.39, 0.29) is 10.0 Å². The van der Waals surface area contributed by atoms with Crippen LogP contribution in [0.3, 0.4) is 0 Å². The average molecular weight is 332 g/mol. The van der Waals surface area contributed by atoms with E-state index in [2.05, 4.69) is 25.2 Å². The van der Waals surface area contributed by atoms with Gasteiger partial charge < -0.3 is 5.32 Å². The van der Waals surface area contributed by atoms with Gasteiger partial charge in [0, 0.05) is 15.8 Å². The second-order valence-electron chi connectivity index (χ2n) is 4.97. The van der Waals surface area contributed by atoms with Gasteiger partial charge in [-0.15, -0.1) is 11.3 Å². The Morgan fingerprint density at radius 3 is 2.25 bits per heavy atom. The fraction of sp³-hybridized carbons (Fsp3) is 0.333. The SMILES string of the molecule is CNC(c1ccc(-c2cc(Cl)c(F)c(Cl)c2)s1)C(C)C. The van der Waals surface area contributed by atoms with Crippen molar-refractivity contribution in [1.29, 1.82) is 0 Å². The van der Waals surface area contributed by atoms with E-state index in [1.165, 1.54) is 4.88 Å². The van der Waals surface area contributed by atoms with Crippen LogP contribution in [0.4, 0.5) is 4.39 Å². The third-order valence-corrected chi connectivity index (χ3v) is 4.95. The molecule has 0 fully saturated rings. The minimum Gasteiger partial charge on any atom is -0.312 e. The first kappa shape index (κ1) is 15.8. The first-order valence-corrected chi connectivity index (χ1v) is 7.93. The van der Waals surface area contributed by atoms with Crippen LogP contribution in [-0.4, -0.2) is 7.05 Å². The van der Waals surface area contributed by atoms with E-state index in [0.29, 0.717) is 12.0 Å². The molecular formula is C15H16Cl2FNS. The third kappa shape index (κ3) is 3.17. The zero-order chi connectivity index (χ0) is 14.9. The standard InChI is InChI=1S/C15H16Cl2FNS/c1-8(2)15(19-3)13-5-4-12(20-13)9-6-10(16)14(18)11(17)7-9/h4-8,15,19H,1-3H3. The third-order valence-electron chi connectivity index (χ3n) is 3.18. The molecule has 1 N–H and O–H groups in total. The summed E-state index contributed by atoms with van der Waals surface area (Å²) in [7, 11) is 1.95. The topological polar surface area (TPSA) is 12.0 Å². The number of rotatable bonds is 4. The Morgan fingerprint density at radius 1 is 1.15 bits per heavy atom. The number of benzene rings is 1. The van der Waals surface area contributed by atoms with Crippen LogP contribution < -0.4 is 5.32 Å². The molecule has 0 amide bonds. The summed E-state index contributed by atoms with van der Waals surface area (Å²) in [5, 5.41) is 3.42. The van der Waals surface area contributed by atoms with Crippen LogP contribution in [0.1, 0.15) is 24.8 Å². The zero-order valence-electron chi connectivity index (χ0n) is 11.5. The van der Waals surface area contributed by atoms with Crippen LogP contribution in [0, 0.1) is 11.7 Å². The Morgan fingerprint density at radius 2 is 1.75 bits per heavy atom. The quantitative estimate of drug-likeness (QED) is 0.700. The van der Waals surface area contributed by atoms with E-state index in [9.17, 15) is 4.39 Å². The zero-order valence-corrected chi connectivity index (χ0v) is 13.8. The normalized spacial score (nSPS) is 12.9. The molecule has 1 nitrogen and oxygen atoms in total. The Labute approximate surface area is 132 Å². The first-order valence-electron chi connectivity index (χ1n) is 6.36. The Hall–Kier alpha value is -0.610. The molecule has 5 heteroatoms. The lowest BCUT2D eigenvalue weighted by Gasteiger charge is -2.18. The number of hydrogen-bond donors (Lipinski definition) is 1. The molecule has 0 aliphatic carbocycles. The molecule has 0 saturated heterocycles. The van der Waals surface area contributed by atoms with E-state index >= 15 is 0 Å². The van der Waals surface area contributed by atoms with Crippen molar-refractivity contribution >= 4 is 34.5 Å².